The Bertz CT molecular complexity index is 745. The molecule has 0 radical (unpaired) electrons. The fourth-order valence-corrected chi connectivity index (χ4v) is 2.24. The third-order valence-corrected chi connectivity index (χ3v) is 4.10. The summed E-state index contributed by atoms with van der Waals surface area (Å²) in [4.78, 5) is 16.0. The van der Waals surface area contributed by atoms with Crippen molar-refractivity contribution in [2.75, 3.05) is 22.9 Å². The highest BCUT2D eigenvalue weighted by Crippen LogP contribution is 2.26. The Hall–Kier alpha value is -2.41. The number of nitrogens with zero attached hydrogens (tertiary/aromatic N) is 2. The number of aromatic nitrogens is 1. The molecule has 1 amide bonds. The molecule has 0 aliphatic heterocycles. The van der Waals surface area contributed by atoms with Crippen LogP contribution in [0.15, 0.2) is 48.8 Å². The quantitative estimate of drug-likeness (QED) is 0.933. The summed E-state index contributed by atoms with van der Waals surface area (Å²) in [5, 5.41) is 2.69. The van der Waals surface area contributed by atoms with Gasteiger partial charge >= 0.3 is 0 Å². The highest BCUT2D eigenvalue weighted by molar-refractivity contribution is 7.92. The number of anilines is 2. The fourth-order valence-electron chi connectivity index (χ4n) is 1.72. The molecule has 2 rings (SSSR count). The summed E-state index contributed by atoms with van der Waals surface area (Å²) in [6, 6.07) is 9.98. The summed E-state index contributed by atoms with van der Waals surface area (Å²) >= 11 is 0. The average Bonchev–Trinajstić information content (AvgIpc) is 2.47. The van der Waals surface area contributed by atoms with Gasteiger partial charge in [-0.1, -0.05) is 12.1 Å². The molecule has 0 bridgehead atoms. The number of benzene rings is 1. The second kappa shape index (κ2) is 5.92. The monoisotopic (exact) mass is 305 g/mol. The zero-order valence-electron chi connectivity index (χ0n) is 11.6. The van der Waals surface area contributed by atoms with E-state index in [1.807, 2.05) is 0 Å². The largest absolute Gasteiger partial charge is 0.320 e. The van der Waals surface area contributed by atoms with Gasteiger partial charge in [-0.25, -0.2) is 8.42 Å². The summed E-state index contributed by atoms with van der Waals surface area (Å²) in [7, 11) is -1.97. The molecule has 0 spiro atoms. The second-order valence-electron chi connectivity index (χ2n) is 4.44. The first-order chi connectivity index (χ1) is 9.89. The molecular weight excluding hydrogens is 290 g/mol. The third kappa shape index (κ3) is 3.57. The van der Waals surface area contributed by atoms with E-state index in [1.165, 1.54) is 13.2 Å². The molecule has 0 atom stereocenters. The van der Waals surface area contributed by atoms with Crippen molar-refractivity contribution < 1.29 is 13.2 Å². The van der Waals surface area contributed by atoms with E-state index in [1.54, 1.807) is 42.6 Å². The number of amides is 1. The molecule has 0 saturated carbocycles. The number of nitrogens with one attached hydrogen (secondary N) is 1. The molecule has 21 heavy (non-hydrogen) atoms. The van der Waals surface area contributed by atoms with Crippen molar-refractivity contribution in [3.8, 4) is 0 Å². The number of pyridine rings is 1. The van der Waals surface area contributed by atoms with Crippen LogP contribution in [0.5, 0.6) is 0 Å². The number of hydrogen-bond donors (Lipinski definition) is 1. The zero-order valence-corrected chi connectivity index (χ0v) is 12.5. The Morgan fingerprint density at radius 1 is 1.19 bits per heavy atom. The highest BCUT2D eigenvalue weighted by atomic mass is 32.2. The van der Waals surface area contributed by atoms with Crippen molar-refractivity contribution in [3.63, 3.8) is 0 Å². The molecule has 1 heterocycles. The van der Waals surface area contributed by atoms with Crippen LogP contribution in [-0.2, 0) is 10.0 Å². The molecule has 1 aromatic heterocycles. The first kappa shape index (κ1) is 15.0. The van der Waals surface area contributed by atoms with Crippen LogP contribution < -0.4 is 9.62 Å². The average molecular weight is 305 g/mol. The molecule has 0 fully saturated rings. The fraction of sp³-hybridized carbons (Fsp3) is 0.143. The van der Waals surface area contributed by atoms with Crippen molar-refractivity contribution >= 4 is 27.3 Å². The number of para-hydroxylation sites is 2. The van der Waals surface area contributed by atoms with E-state index in [4.69, 9.17) is 0 Å². The first-order valence-electron chi connectivity index (χ1n) is 6.14. The molecule has 0 aliphatic carbocycles. The van der Waals surface area contributed by atoms with E-state index in [0.717, 1.165) is 10.6 Å². The van der Waals surface area contributed by atoms with E-state index in [0.29, 0.717) is 16.9 Å². The topological polar surface area (TPSA) is 79.4 Å². The molecule has 7 heteroatoms. The third-order valence-electron chi connectivity index (χ3n) is 2.91. The molecule has 110 valence electrons. The van der Waals surface area contributed by atoms with Crippen molar-refractivity contribution in [3.05, 3.63) is 54.4 Å². The minimum atomic E-state index is -3.41. The van der Waals surface area contributed by atoms with Crippen LogP contribution in [0, 0.1) is 0 Å². The van der Waals surface area contributed by atoms with E-state index in [9.17, 15) is 13.2 Å². The van der Waals surface area contributed by atoms with E-state index < -0.39 is 10.0 Å². The van der Waals surface area contributed by atoms with Crippen molar-refractivity contribution in [2.24, 2.45) is 0 Å². The lowest BCUT2D eigenvalue weighted by Crippen LogP contribution is -2.26. The van der Waals surface area contributed by atoms with Crippen molar-refractivity contribution in [1.82, 2.24) is 4.98 Å². The summed E-state index contributed by atoms with van der Waals surface area (Å²) in [5.74, 6) is -0.350. The van der Waals surface area contributed by atoms with Crippen LogP contribution >= 0.6 is 0 Å². The molecule has 0 unspecified atom stereocenters. The molecule has 0 saturated heterocycles. The Kier molecular flexibility index (Phi) is 4.23. The predicted octanol–water partition coefficient (Wildman–Crippen LogP) is 1.73. The van der Waals surface area contributed by atoms with Crippen LogP contribution in [0.25, 0.3) is 0 Å². The Balaban J connectivity index is 2.32. The van der Waals surface area contributed by atoms with Gasteiger partial charge in [-0.05, 0) is 24.3 Å². The maximum Gasteiger partial charge on any atom is 0.257 e. The van der Waals surface area contributed by atoms with E-state index in [-0.39, 0.29) is 5.91 Å². The van der Waals surface area contributed by atoms with Gasteiger partial charge in [0.15, 0.2) is 0 Å². The standard InChI is InChI=1S/C14H15N3O3S/c1-17(21(2,19)20)13-8-4-3-7-12(13)16-14(18)11-6-5-9-15-10-11/h3-10H,1-2H3,(H,16,18). The van der Waals surface area contributed by atoms with Gasteiger partial charge in [0.25, 0.3) is 5.91 Å². The van der Waals surface area contributed by atoms with Gasteiger partial charge in [-0.3, -0.25) is 14.1 Å². The molecule has 2 aromatic rings. The SMILES string of the molecule is CN(c1ccccc1NC(=O)c1cccnc1)S(C)(=O)=O. The second-order valence-corrected chi connectivity index (χ2v) is 6.46. The maximum absolute atomic E-state index is 12.1. The van der Waals surface area contributed by atoms with Gasteiger partial charge in [0.1, 0.15) is 0 Å². The lowest BCUT2D eigenvalue weighted by Gasteiger charge is -2.20. The van der Waals surface area contributed by atoms with Gasteiger partial charge < -0.3 is 5.32 Å². The van der Waals surface area contributed by atoms with Crippen molar-refractivity contribution in [2.45, 2.75) is 0 Å². The van der Waals surface area contributed by atoms with Crippen molar-refractivity contribution in [1.29, 1.82) is 0 Å². The van der Waals surface area contributed by atoms with Crippen LogP contribution in [0.1, 0.15) is 10.4 Å². The maximum atomic E-state index is 12.1. The number of rotatable bonds is 4. The zero-order chi connectivity index (χ0) is 15.5. The van der Waals surface area contributed by atoms with E-state index >= 15 is 0 Å². The molecule has 6 nitrogen and oxygen atoms in total. The molecule has 1 N–H and O–H groups in total. The van der Waals surface area contributed by atoms with Gasteiger partial charge in [0, 0.05) is 19.4 Å². The normalized spacial score (nSPS) is 11.0. The first-order valence-corrected chi connectivity index (χ1v) is 7.99. The predicted molar refractivity (Wildman–Crippen MR) is 81.9 cm³/mol. The summed E-state index contributed by atoms with van der Waals surface area (Å²) in [6.07, 6.45) is 4.12. The van der Waals surface area contributed by atoms with Crippen LogP contribution in [0.2, 0.25) is 0 Å². The highest BCUT2D eigenvalue weighted by Gasteiger charge is 2.17. The van der Waals surface area contributed by atoms with Gasteiger partial charge in [-0.15, -0.1) is 0 Å². The van der Waals surface area contributed by atoms with Gasteiger partial charge in [0.2, 0.25) is 10.0 Å². The van der Waals surface area contributed by atoms with Crippen LogP contribution in [0.4, 0.5) is 11.4 Å². The Morgan fingerprint density at radius 2 is 1.90 bits per heavy atom. The lowest BCUT2D eigenvalue weighted by molar-refractivity contribution is 0.102. The number of carbonyl (C=O) groups is 1. The smallest absolute Gasteiger partial charge is 0.257 e. The minimum absolute atomic E-state index is 0.350. The molecular formula is C14H15N3O3S. The lowest BCUT2D eigenvalue weighted by atomic mass is 10.2. The minimum Gasteiger partial charge on any atom is -0.320 e. The Labute approximate surface area is 123 Å². The summed E-state index contributed by atoms with van der Waals surface area (Å²) < 4.78 is 24.4. The molecule has 1 aromatic carbocycles. The summed E-state index contributed by atoms with van der Waals surface area (Å²) in [5.41, 5.74) is 1.21. The van der Waals surface area contributed by atoms with Gasteiger partial charge in [0.05, 0.1) is 23.2 Å². The van der Waals surface area contributed by atoms with Gasteiger partial charge in [-0.2, -0.15) is 0 Å². The summed E-state index contributed by atoms with van der Waals surface area (Å²) in [6.45, 7) is 0. The molecule has 0 aliphatic rings. The van der Waals surface area contributed by atoms with Crippen LogP contribution in [0.3, 0.4) is 0 Å². The number of carbonyl (C=O) groups excluding carboxylic acids is 1. The number of sulfonamides is 1. The number of hydrogen-bond acceptors (Lipinski definition) is 4. The Morgan fingerprint density at radius 3 is 2.52 bits per heavy atom. The van der Waals surface area contributed by atoms with E-state index in [2.05, 4.69) is 10.3 Å². The van der Waals surface area contributed by atoms with Crippen LogP contribution in [-0.4, -0.2) is 32.6 Å².